The van der Waals surface area contributed by atoms with Crippen LogP contribution in [0.3, 0.4) is 0 Å². The van der Waals surface area contributed by atoms with E-state index in [1.54, 1.807) is 11.3 Å². The second-order valence-electron chi connectivity index (χ2n) is 3.98. The van der Waals surface area contributed by atoms with Crippen LogP contribution in [0.15, 0.2) is 6.20 Å². The molecule has 0 aliphatic carbocycles. The van der Waals surface area contributed by atoms with Crippen LogP contribution in [0.25, 0.3) is 0 Å². The Labute approximate surface area is 112 Å². The van der Waals surface area contributed by atoms with E-state index in [1.165, 1.54) is 11.3 Å². The summed E-state index contributed by atoms with van der Waals surface area (Å²) in [4.78, 5) is 17.2. The minimum atomic E-state index is -0.0391. The van der Waals surface area contributed by atoms with Gasteiger partial charge in [-0.3, -0.25) is 4.79 Å². The summed E-state index contributed by atoms with van der Waals surface area (Å²) in [5, 5.41) is 6.81. The Hall–Kier alpha value is -0.650. The number of halogens is 1. The summed E-state index contributed by atoms with van der Waals surface area (Å²) in [7, 11) is 0. The molecular formula is C11H18ClN3OS. The van der Waals surface area contributed by atoms with Crippen molar-refractivity contribution in [2.75, 3.05) is 11.9 Å². The normalized spacial score (nSPS) is 19.5. The Morgan fingerprint density at radius 2 is 2.47 bits per heavy atom. The molecule has 2 rings (SSSR count). The highest BCUT2D eigenvalue weighted by Gasteiger charge is 2.21. The first kappa shape index (κ1) is 14.4. The van der Waals surface area contributed by atoms with Crippen LogP contribution in [0.5, 0.6) is 0 Å². The lowest BCUT2D eigenvalue weighted by Gasteiger charge is -2.21. The van der Waals surface area contributed by atoms with E-state index in [-0.39, 0.29) is 24.4 Å². The number of rotatable bonds is 3. The van der Waals surface area contributed by atoms with E-state index < -0.39 is 0 Å². The van der Waals surface area contributed by atoms with Crippen molar-refractivity contribution in [3.05, 3.63) is 11.1 Å². The third kappa shape index (κ3) is 3.94. The van der Waals surface area contributed by atoms with Crippen molar-refractivity contribution < 1.29 is 4.79 Å². The molecule has 2 heterocycles. The van der Waals surface area contributed by atoms with Crippen LogP contribution in [0.2, 0.25) is 0 Å². The first-order chi connectivity index (χ1) is 7.79. The molecule has 1 atom stereocenters. The molecule has 0 aromatic carbocycles. The summed E-state index contributed by atoms with van der Waals surface area (Å²) < 4.78 is 0. The van der Waals surface area contributed by atoms with Crippen molar-refractivity contribution >= 4 is 34.8 Å². The lowest BCUT2D eigenvalue weighted by molar-refractivity contribution is -0.118. The minimum Gasteiger partial charge on any atom is -0.306 e. The number of thiazole rings is 1. The largest absolute Gasteiger partial charge is 0.306 e. The minimum absolute atomic E-state index is 0. The van der Waals surface area contributed by atoms with Crippen molar-refractivity contribution in [3.8, 4) is 0 Å². The maximum Gasteiger partial charge on any atom is 0.243 e. The monoisotopic (exact) mass is 275 g/mol. The number of nitrogens with one attached hydrogen (secondary N) is 2. The molecule has 2 N–H and O–H groups in total. The van der Waals surface area contributed by atoms with E-state index in [1.807, 2.05) is 6.20 Å². The predicted molar refractivity (Wildman–Crippen MR) is 73.0 cm³/mol. The number of anilines is 1. The van der Waals surface area contributed by atoms with Gasteiger partial charge in [-0.15, -0.1) is 23.7 Å². The molecule has 0 spiro atoms. The smallest absolute Gasteiger partial charge is 0.243 e. The van der Waals surface area contributed by atoms with Crippen LogP contribution >= 0.6 is 23.7 Å². The van der Waals surface area contributed by atoms with Crippen molar-refractivity contribution in [1.82, 2.24) is 10.3 Å². The zero-order valence-electron chi connectivity index (χ0n) is 9.86. The fourth-order valence-electron chi connectivity index (χ4n) is 1.80. The third-order valence-electron chi connectivity index (χ3n) is 2.76. The molecule has 0 radical (unpaired) electrons. The Morgan fingerprint density at radius 3 is 3.06 bits per heavy atom. The molecule has 0 bridgehead atoms. The number of hydrogen-bond donors (Lipinski definition) is 2. The van der Waals surface area contributed by atoms with Crippen LogP contribution < -0.4 is 10.6 Å². The van der Waals surface area contributed by atoms with Gasteiger partial charge in [0.2, 0.25) is 5.91 Å². The van der Waals surface area contributed by atoms with Gasteiger partial charge in [0, 0.05) is 11.1 Å². The number of nitrogens with zero attached hydrogens (tertiary/aromatic N) is 1. The van der Waals surface area contributed by atoms with Crippen molar-refractivity contribution in [1.29, 1.82) is 0 Å². The van der Waals surface area contributed by atoms with E-state index in [4.69, 9.17) is 0 Å². The summed E-state index contributed by atoms with van der Waals surface area (Å²) in [5.41, 5.74) is 0. The van der Waals surface area contributed by atoms with Crippen LogP contribution in [0, 0.1) is 0 Å². The van der Waals surface area contributed by atoms with Crippen molar-refractivity contribution in [2.45, 2.75) is 38.6 Å². The second kappa shape index (κ2) is 6.93. The van der Waals surface area contributed by atoms with E-state index in [9.17, 15) is 4.79 Å². The molecule has 1 aromatic heterocycles. The number of piperidine rings is 1. The van der Waals surface area contributed by atoms with Gasteiger partial charge in [-0.25, -0.2) is 4.98 Å². The third-order valence-corrected chi connectivity index (χ3v) is 3.82. The highest BCUT2D eigenvalue weighted by molar-refractivity contribution is 7.15. The lowest BCUT2D eigenvalue weighted by atomic mass is 10.0. The van der Waals surface area contributed by atoms with Gasteiger partial charge in [0.1, 0.15) is 0 Å². The molecule has 1 unspecified atom stereocenters. The molecule has 1 fully saturated rings. The quantitative estimate of drug-likeness (QED) is 0.889. The summed E-state index contributed by atoms with van der Waals surface area (Å²) >= 11 is 1.55. The fraction of sp³-hybridized carbons (Fsp3) is 0.636. The van der Waals surface area contributed by atoms with Gasteiger partial charge in [-0.05, 0) is 25.8 Å². The molecule has 1 amide bonds. The summed E-state index contributed by atoms with van der Waals surface area (Å²) in [6.45, 7) is 3.03. The fourth-order valence-corrected chi connectivity index (χ4v) is 2.55. The Balaban J connectivity index is 0.00000144. The molecular weight excluding hydrogens is 258 g/mol. The van der Waals surface area contributed by atoms with Gasteiger partial charge in [0.25, 0.3) is 0 Å². The number of carbonyl (C=O) groups is 1. The Morgan fingerprint density at radius 1 is 1.65 bits per heavy atom. The molecule has 1 saturated heterocycles. The molecule has 1 aromatic rings. The van der Waals surface area contributed by atoms with Crippen molar-refractivity contribution in [3.63, 3.8) is 0 Å². The SMILES string of the molecule is CCc1cnc(NC(=O)C2CCCCN2)s1.Cl. The maximum atomic E-state index is 11.9. The predicted octanol–water partition coefficient (Wildman–Crippen LogP) is 2.21. The summed E-state index contributed by atoms with van der Waals surface area (Å²) in [6.07, 6.45) is 6.02. The first-order valence-electron chi connectivity index (χ1n) is 5.78. The van der Waals surface area contributed by atoms with Gasteiger partial charge in [-0.2, -0.15) is 0 Å². The maximum absolute atomic E-state index is 11.9. The van der Waals surface area contributed by atoms with Gasteiger partial charge >= 0.3 is 0 Å². The number of amides is 1. The zero-order chi connectivity index (χ0) is 11.4. The molecule has 96 valence electrons. The number of hydrogen-bond acceptors (Lipinski definition) is 4. The highest BCUT2D eigenvalue weighted by Crippen LogP contribution is 2.19. The topological polar surface area (TPSA) is 54.0 Å². The van der Waals surface area contributed by atoms with Crippen LogP contribution in [-0.4, -0.2) is 23.5 Å². The van der Waals surface area contributed by atoms with Gasteiger partial charge in [0.05, 0.1) is 6.04 Å². The molecule has 17 heavy (non-hydrogen) atoms. The lowest BCUT2D eigenvalue weighted by Crippen LogP contribution is -2.43. The average molecular weight is 276 g/mol. The molecule has 1 aliphatic rings. The standard InChI is InChI=1S/C11H17N3OS.ClH/c1-2-8-7-13-11(16-8)14-10(15)9-5-3-4-6-12-9;/h7,9,12H,2-6H2,1H3,(H,13,14,15);1H. The molecule has 0 saturated carbocycles. The van der Waals surface area contributed by atoms with Crippen molar-refractivity contribution in [2.24, 2.45) is 0 Å². The Bertz CT molecular complexity index is 363. The first-order valence-corrected chi connectivity index (χ1v) is 6.60. The van der Waals surface area contributed by atoms with Gasteiger partial charge < -0.3 is 10.6 Å². The Kier molecular flexibility index (Phi) is 5.88. The highest BCUT2D eigenvalue weighted by atomic mass is 35.5. The zero-order valence-corrected chi connectivity index (χ0v) is 11.5. The molecule has 4 nitrogen and oxygen atoms in total. The average Bonchev–Trinajstić information content (AvgIpc) is 2.78. The summed E-state index contributed by atoms with van der Waals surface area (Å²) in [6, 6.07) is -0.0391. The van der Waals surface area contributed by atoms with Crippen LogP contribution in [0.4, 0.5) is 5.13 Å². The second-order valence-corrected chi connectivity index (χ2v) is 5.09. The van der Waals surface area contributed by atoms with E-state index in [0.29, 0.717) is 5.13 Å². The van der Waals surface area contributed by atoms with E-state index >= 15 is 0 Å². The molecule has 6 heteroatoms. The van der Waals surface area contributed by atoms with Gasteiger partial charge in [-0.1, -0.05) is 13.3 Å². The molecule has 1 aliphatic heterocycles. The number of carbonyl (C=O) groups excluding carboxylic acids is 1. The number of aryl methyl sites for hydroxylation is 1. The van der Waals surface area contributed by atoms with Crippen LogP contribution in [-0.2, 0) is 11.2 Å². The van der Waals surface area contributed by atoms with Crippen LogP contribution in [0.1, 0.15) is 31.1 Å². The number of aromatic nitrogens is 1. The van der Waals surface area contributed by atoms with E-state index in [2.05, 4.69) is 22.5 Å². The summed E-state index contributed by atoms with van der Waals surface area (Å²) in [5.74, 6) is 0.0525. The van der Waals surface area contributed by atoms with Gasteiger partial charge in [0.15, 0.2) is 5.13 Å². The van der Waals surface area contributed by atoms with E-state index in [0.717, 1.165) is 25.8 Å².